The summed E-state index contributed by atoms with van der Waals surface area (Å²) >= 11 is 0. The van der Waals surface area contributed by atoms with Gasteiger partial charge in [-0.3, -0.25) is 14.6 Å². The van der Waals surface area contributed by atoms with Crippen LogP contribution in [-0.4, -0.2) is 39.9 Å². The summed E-state index contributed by atoms with van der Waals surface area (Å²) in [5.74, 6) is 0.166. The van der Waals surface area contributed by atoms with Gasteiger partial charge in [-0.05, 0) is 72.9 Å². The summed E-state index contributed by atoms with van der Waals surface area (Å²) in [5, 5.41) is 11.3. The summed E-state index contributed by atoms with van der Waals surface area (Å²) in [4.78, 5) is 32.2. The van der Waals surface area contributed by atoms with Crippen molar-refractivity contribution >= 4 is 17.4 Å². The maximum atomic E-state index is 13.3. The molecule has 1 aliphatic rings. The number of aromatic nitrogens is 1. The van der Waals surface area contributed by atoms with Gasteiger partial charge in [-0.25, -0.2) is 0 Å². The first-order valence-electron chi connectivity index (χ1n) is 12.5. The fourth-order valence-electron chi connectivity index (χ4n) is 4.30. The van der Waals surface area contributed by atoms with Gasteiger partial charge < -0.3 is 19.5 Å². The van der Waals surface area contributed by atoms with E-state index in [2.05, 4.69) is 18.8 Å². The highest BCUT2D eigenvalue weighted by atomic mass is 16.5. The quantitative estimate of drug-likeness (QED) is 0.224. The van der Waals surface area contributed by atoms with E-state index in [1.165, 1.54) is 4.90 Å². The van der Waals surface area contributed by atoms with Gasteiger partial charge in [0.25, 0.3) is 11.7 Å². The lowest BCUT2D eigenvalue weighted by atomic mass is 9.95. The summed E-state index contributed by atoms with van der Waals surface area (Å²) in [5.41, 5.74) is 1.92. The molecule has 0 bridgehead atoms. The zero-order valence-corrected chi connectivity index (χ0v) is 21.4. The summed E-state index contributed by atoms with van der Waals surface area (Å²) in [6.45, 7) is 7.39. The van der Waals surface area contributed by atoms with Crippen molar-refractivity contribution in [2.24, 2.45) is 5.92 Å². The minimum absolute atomic E-state index is 0.0392. The second-order valence-electron chi connectivity index (χ2n) is 9.35. The zero-order valence-electron chi connectivity index (χ0n) is 21.4. The second-order valence-corrected chi connectivity index (χ2v) is 9.35. The van der Waals surface area contributed by atoms with Gasteiger partial charge in [0.05, 0.1) is 24.8 Å². The highest BCUT2D eigenvalue weighted by Crippen LogP contribution is 2.41. The number of hydrogen-bond donors (Lipinski definition) is 1. The minimum Gasteiger partial charge on any atom is -0.507 e. The monoisotopic (exact) mass is 500 g/mol. The fourth-order valence-corrected chi connectivity index (χ4v) is 4.30. The number of benzene rings is 2. The van der Waals surface area contributed by atoms with Gasteiger partial charge in [0.15, 0.2) is 0 Å². The molecule has 1 saturated heterocycles. The van der Waals surface area contributed by atoms with E-state index in [1.54, 1.807) is 42.7 Å². The molecular formula is C30H32N2O5. The van der Waals surface area contributed by atoms with Gasteiger partial charge in [-0.15, -0.1) is 0 Å². The number of aliphatic hydroxyl groups excluding tert-OH is 1. The Balaban J connectivity index is 1.77. The molecule has 4 rings (SSSR count). The lowest BCUT2D eigenvalue weighted by molar-refractivity contribution is -0.140. The van der Waals surface area contributed by atoms with Crippen LogP contribution in [0.15, 0.2) is 78.6 Å². The Hall–Kier alpha value is -4.13. The molecule has 0 saturated carbocycles. The number of amides is 1. The molecule has 1 aliphatic heterocycles. The number of aliphatic hydroxyl groups is 1. The average molecular weight is 501 g/mol. The molecular weight excluding hydrogens is 468 g/mol. The number of carbonyl (C=O) groups excluding carboxylic acids is 2. The van der Waals surface area contributed by atoms with Crippen molar-refractivity contribution in [1.29, 1.82) is 0 Å². The number of likely N-dealkylation sites (tertiary alicyclic amines) is 1. The topological polar surface area (TPSA) is 89.0 Å². The molecule has 7 heteroatoms. The predicted octanol–water partition coefficient (Wildman–Crippen LogP) is 5.53. The molecule has 1 atom stereocenters. The van der Waals surface area contributed by atoms with Crippen LogP contribution in [0.25, 0.3) is 5.76 Å². The van der Waals surface area contributed by atoms with Crippen LogP contribution in [-0.2, 0) is 16.1 Å². The number of pyridine rings is 1. The Bertz CT molecular complexity index is 1270. The number of ketones is 1. The molecule has 3 aromatic rings. The third-order valence-electron chi connectivity index (χ3n) is 6.19. The Morgan fingerprint density at radius 3 is 2.49 bits per heavy atom. The van der Waals surface area contributed by atoms with Gasteiger partial charge >= 0.3 is 0 Å². The van der Waals surface area contributed by atoms with E-state index < -0.39 is 17.7 Å². The van der Waals surface area contributed by atoms with Crippen LogP contribution >= 0.6 is 0 Å². The van der Waals surface area contributed by atoms with Crippen LogP contribution in [0.1, 0.15) is 49.9 Å². The number of hydrogen-bond acceptors (Lipinski definition) is 6. The van der Waals surface area contributed by atoms with Gasteiger partial charge in [-0.2, -0.15) is 0 Å². The smallest absolute Gasteiger partial charge is 0.295 e. The van der Waals surface area contributed by atoms with Crippen LogP contribution in [0, 0.1) is 5.92 Å². The molecule has 2 aromatic carbocycles. The van der Waals surface area contributed by atoms with E-state index in [-0.39, 0.29) is 17.9 Å². The standard InChI is InChI=1S/C30H32N2O5/c1-4-36-24-12-10-22(11-13-24)28(33)26-27(23-8-5-9-25(17-23)37-16-14-20(2)3)32(30(35)29(26)34)19-21-7-6-15-31-18-21/h5-13,15,17-18,20,27,33H,4,14,16,19H2,1-3H3/b28-26+. The normalized spacial score (nSPS) is 16.9. The molecule has 7 nitrogen and oxygen atoms in total. The van der Waals surface area contributed by atoms with E-state index in [4.69, 9.17) is 9.47 Å². The van der Waals surface area contributed by atoms with E-state index in [0.29, 0.717) is 41.8 Å². The molecule has 0 radical (unpaired) electrons. The first kappa shape index (κ1) is 25.9. The van der Waals surface area contributed by atoms with Crippen molar-refractivity contribution in [3.05, 3.63) is 95.3 Å². The molecule has 192 valence electrons. The van der Waals surface area contributed by atoms with E-state index in [0.717, 1.165) is 12.0 Å². The highest BCUT2D eigenvalue weighted by Gasteiger charge is 2.46. The van der Waals surface area contributed by atoms with E-state index >= 15 is 0 Å². The van der Waals surface area contributed by atoms with Crippen molar-refractivity contribution in [1.82, 2.24) is 9.88 Å². The van der Waals surface area contributed by atoms with Crippen LogP contribution < -0.4 is 9.47 Å². The first-order chi connectivity index (χ1) is 17.9. The number of carbonyl (C=O) groups is 2. The lowest BCUT2D eigenvalue weighted by Crippen LogP contribution is -2.29. The third-order valence-corrected chi connectivity index (χ3v) is 6.19. The number of Topliss-reactive ketones (excluding diaryl/α,β-unsaturated/α-hetero) is 1. The SMILES string of the molecule is CCOc1ccc(/C(O)=C2\C(=O)C(=O)N(Cc3cccnc3)C2c2cccc(OCCC(C)C)c2)cc1. The summed E-state index contributed by atoms with van der Waals surface area (Å²) < 4.78 is 11.4. The van der Waals surface area contributed by atoms with Crippen molar-refractivity contribution in [3.8, 4) is 11.5 Å². The van der Waals surface area contributed by atoms with Gasteiger partial charge in [0, 0.05) is 24.5 Å². The number of rotatable bonds is 10. The molecule has 0 spiro atoms. The lowest BCUT2D eigenvalue weighted by Gasteiger charge is -2.25. The number of ether oxygens (including phenoxy) is 2. The molecule has 37 heavy (non-hydrogen) atoms. The zero-order chi connectivity index (χ0) is 26.4. The van der Waals surface area contributed by atoms with Gasteiger partial charge in [0.2, 0.25) is 0 Å². The Kier molecular flexibility index (Phi) is 8.23. The largest absolute Gasteiger partial charge is 0.507 e. The van der Waals surface area contributed by atoms with Crippen LogP contribution in [0.5, 0.6) is 11.5 Å². The molecule has 1 fully saturated rings. The highest BCUT2D eigenvalue weighted by molar-refractivity contribution is 6.46. The van der Waals surface area contributed by atoms with Crippen LogP contribution in [0.2, 0.25) is 0 Å². The van der Waals surface area contributed by atoms with Crippen LogP contribution in [0.3, 0.4) is 0 Å². The first-order valence-corrected chi connectivity index (χ1v) is 12.5. The molecule has 1 aromatic heterocycles. The Morgan fingerprint density at radius 2 is 1.81 bits per heavy atom. The molecule has 1 amide bonds. The maximum absolute atomic E-state index is 13.3. The Labute approximate surface area is 217 Å². The second kappa shape index (κ2) is 11.7. The van der Waals surface area contributed by atoms with Gasteiger partial charge in [0.1, 0.15) is 17.3 Å². The molecule has 1 N–H and O–H groups in total. The Morgan fingerprint density at radius 1 is 1.03 bits per heavy atom. The predicted molar refractivity (Wildman–Crippen MR) is 141 cm³/mol. The van der Waals surface area contributed by atoms with Crippen molar-refractivity contribution in [2.75, 3.05) is 13.2 Å². The van der Waals surface area contributed by atoms with E-state index in [9.17, 15) is 14.7 Å². The average Bonchev–Trinajstić information content (AvgIpc) is 3.14. The molecule has 2 heterocycles. The maximum Gasteiger partial charge on any atom is 0.295 e. The van der Waals surface area contributed by atoms with Crippen molar-refractivity contribution in [3.63, 3.8) is 0 Å². The van der Waals surface area contributed by atoms with Crippen molar-refractivity contribution < 1.29 is 24.2 Å². The number of nitrogens with zero attached hydrogens (tertiary/aromatic N) is 2. The van der Waals surface area contributed by atoms with Crippen LogP contribution in [0.4, 0.5) is 0 Å². The fraction of sp³-hybridized carbons (Fsp3) is 0.300. The summed E-state index contributed by atoms with van der Waals surface area (Å²) in [6.07, 6.45) is 4.22. The molecule has 1 unspecified atom stereocenters. The third kappa shape index (κ3) is 6.00. The minimum atomic E-state index is -0.791. The summed E-state index contributed by atoms with van der Waals surface area (Å²) in [6, 6.07) is 17.0. The summed E-state index contributed by atoms with van der Waals surface area (Å²) in [7, 11) is 0. The van der Waals surface area contributed by atoms with E-state index in [1.807, 2.05) is 37.3 Å². The van der Waals surface area contributed by atoms with Crippen molar-refractivity contribution in [2.45, 2.75) is 39.8 Å². The van der Waals surface area contributed by atoms with Gasteiger partial charge in [-0.1, -0.05) is 32.0 Å². The molecule has 0 aliphatic carbocycles.